The van der Waals surface area contributed by atoms with Gasteiger partial charge in [-0.2, -0.15) is 0 Å². The molecule has 0 unspecified atom stereocenters. The van der Waals surface area contributed by atoms with Gasteiger partial charge in [0.05, 0.1) is 0 Å². The first kappa shape index (κ1) is 8.66. The number of hydrogen-bond acceptors (Lipinski definition) is 1. The Morgan fingerprint density at radius 3 is 2.11 bits per heavy atom. The average molecular weight is 166 g/mol. The molecule has 0 saturated heterocycles. The largest absolute Gasteiger partial charge is 0.289 e. The van der Waals surface area contributed by atoms with Gasteiger partial charge in [0, 0.05) is 6.08 Å². The number of allylic oxidation sites excluding steroid dienone is 2. The molecule has 2 nitrogen and oxygen atoms in total. The molecule has 4 heteroatoms. The molecule has 0 aliphatic heterocycles. The van der Waals surface area contributed by atoms with Crippen LogP contribution in [0.4, 0.5) is 0 Å². The second-order valence-electron chi connectivity index (χ2n) is 1.53. The van der Waals surface area contributed by atoms with E-state index in [-0.39, 0.29) is 10.3 Å². The second-order valence-corrected chi connectivity index (χ2v) is 2.34. The molecule has 0 spiro atoms. The molecule has 0 amide bonds. The van der Waals surface area contributed by atoms with Crippen molar-refractivity contribution in [2.24, 2.45) is 0 Å². The zero-order valence-corrected chi connectivity index (χ0v) is 6.42. The maximum absolute atomic E-state index is 6.86. The molecule has 0 saturated carbocycles. The van der Waals surface area contributed by atoms with Crippen molar-refractivity contribution < 1.29 is 5.41 Å². The second kappa shape index (κ2) is 3.64. The lowest BCUT2D eigenvalue weighted by Crippen LogP contribution is -2.34. The van der Waals surface area contributed by atoms with Crippen molar-refractivity contribution in [2.45, 2.75) is 6.92 Å². The molecular formula is C5H7Cl2N2+. The van der Waals surface area contributed by atoms with Crippen molar-refractivity contribution >= 4 is 33.5 Å². The topological polar surface area (TPSA) is 49.4 Å². The fourth-order valence-electron chi connectivity index (χ4n) is 0.270. The molecule has 0 aromatic rings. The van der Waals surface area contributed by atoms with Crippen molar-refractivity contribution in [1.29, 1.82) is 5.41 Å². The molecule has 0 heterocycles. The molecule has 0 aromatic carbocycles. The van der Waals surface area contributed by atoms with E-state index in [1.807, 2.05) is 0 Å². The minimum Gasteiger partial charge on any atom is -0.289 e. The first-order valence-electron chi connectivity index (χ1n) is 2.24. The third-order valence-corrected chi connectivity index (χ3v) is 1.11. The Hall–Kier alpha value is -0.340. The van der Waals surface area contributed by atoms with Crippen LogP contribution < -0.4 is 5.41 Å². The summed E-state index contributed by atoms with van der Waals surface area (Å²) < 4.78 is 0. The molecule has 3 N–H and O–H groups in total. The Balaban J connectivity index is 4.17. The summed E-state index contributed by atoms with van der Waals surface area (Å²) in [5.41, 5.74) is 0.559. The van der Waals surface area contributed by atoms with Crippen molar-refractivity contribution in [3.05, 3.63) is 11.6 Å². The van der Waals surface area contributed by atoms with Gasteiger partial charge in [0.2, 0.25) is 0 Å². The van der Waals surface area contributed by atoms with Gasteiger partial charge in [0.1, 0.15) is 5.17 Å². The van der Waals surface area contributed by atoms with Crippen LogP contribution in [0.2, 0.25) is 0 Å². The quantitative estimate of drug-likeness (QED) is 0.562. The van der Waals surface area contributed by atoms with E-state index < -0.39 is 0 Å². The molecule has 0 atom stereocenters. The first-order chi connectivity index (χ1) is 4.04. The highest BCUT2D eigenvalue weighted by Gasteiger charge is 1.96. The maximum Gasteiger partial charge on any atom is 0.266 e. The third-order valence-electron chi connectivity index (χ3n) is 0.701. The molecule has 0 bridgehead atoms. The Labute approximate surface area is 63.5 Å². The summed E-state index contributed by atoms with van der Waals surface area (Å²) in [6.07, 6.45) is 1.43. The summed E-state index contributed by atoms with van der Waals surface area (Å²) >= 11 is 10.5. The predicted molar refractivity (Wildman–Crippen MR) is 40.1 cm³/mol. The van der Waals surface area contributed by atoms with Crippen molar-refractivity contribution in [1.82, 2.24) is 0 Å². The Bertz CT molecular complexity index is 172. The van der Waals surface area contributed by atoms with E-state index in [1.54, 1.807) is 6.92 Å². The van der Waals surface area contributed by atoms with Crippen LogP contribution in [0.25, 0.3) is 0 Å². The molecule has 0 aliphatic carbocycles. The van der Waals surface area contributed by atoms with Crippen LogP contribution in [0.15, 0.2) is 11.6 Å². The van der Waals surface area contributed by atoms with E-state index in [9.17, 15) is 0 Å². The molecule has 0 radical (unpaired) electrons. The minimum atomic E-state index is -0.0430. The van der Waals surface area contributed by atoms with Gasteiger partial charge in [-0.3, -0.25) is 5.41 Å². The maximum atomic E-state index is 6.86. The zero-order chi connectivity index (χ0) is 7.44. The lowest BCUT2D eigenvalue weighted by atomic mass is 10.3. The summed E-state index contributed by atoms with van der Waals surface area (Å²) in [5.74, 6) is 0. The lowest BCUT2D eigenvalue weighted by Gasteiger charge is -1.87. The van der Waals surface area contributed by atoms with Crippen LogP contribution in [-0.2, 0) is 0 Å². The van der Waals surface area contributed by atoms with E-state index in [1.165, 1.54) is 6.08 Å². The Morgan fingerprint density at radius 1 is 1.56 bits per heavy atom. The SMILES string of the molecule is C/C(=C/C(=[NH2+])Cl)C(=N)Cl. The van der Waals surface area contributed by atoms with Crippen LogP contribution in [0.5, 0.6) is 0 Å². The van der Waals surface area contributed by atoms with Gasteiger partial charge in [0.25, 0.3) is 5.17 Å². The molecule has 0 aliphatic rings. The van der Waals surface area contributed by atoms with Gasteiger partial charge in [-0.1, -0.05) is 11.6 Å². The predicted octanol–water partition coefficient (Wildman–Crippen LogP) is 0.545. The molecule has 0 aromatic heterocycles. The standard InChI is InChI=1S/C5H6Cl2N2/c1-3(5(7)9)2-4(6)8/h2,8-9H,1H3/p+1/b3-2-,8-4?,9-5?. The number of hydrogen-bond donors (Lipinski definition) is 2. The Morgan fingerprint density at radius 2 is 2.00 bits per heavy atom. The summed E-state index contributed by atoms with van der Waals surface area (Å²) in [6.45, 7) is 1.66. The van der Waals surface area contributed by atoms with Crippen molar-refractivity contribution in [3.8, 4) is 0 Å². The molecular weight excluding hydrogens is 159 g/mol. The van der Waals surface area contributed by atoms with Crippen LogP contribution in [0, 0.1) is 5.41 Å². The van der Waals surface area contributed by atoms with E-state index >= 15 is 0 Å². The monoisotopic (exact) mass is 165 g/mol. The summed E-state index contributed by atoms with van der Waals surface area (Å²) in [4.78, 5) is 0. The lowest BCUT2D eigenvalue weighted by molar-refractivity contribution is -0.107. The molecule has 9 heavy (non-hydrogen) atoms. The number of nitrogens with one attached hydrogen (secondary N) is 1. The highest BCUT2D eigenvalue weighted by Crippen LogP contribution is 1.98. The van der Waals surface area contributed by atoms with Gasteiger partial charge in [-0.15, -0.1) is 0 Å². The summed E-state index contributed by atoms with van der Waals surface area (Å²) in [6, 6.07) is 0. The summed E-state index contributed by atoms with van der Waals surface area (Å²) in [5, 5.41) is 12.0. The van der Waals surface area contributed by atoms with Gasteiger partial charge >= 0.3 is 0 Å². The molecule has 0 fully saturated rings. The highest BCUT2D eigenvalue weighted by atomic mass is 35.5. The molecule has 50 valence electrons. The first-order valence-corrected chi connectivity index (χ1v) is 3.00. The van der Waals surface area contributed by atoms with Crippen LogP contribution in [0.1, 0.15) is 6.92 Å². The normalized spacial score (nSPS) is 11.2. The molecule has 0 rings (SSSR count). The summed E-state index contributed by atoms with van der Waals surface area (Å²) in [7, 11) is 0. The van der Waals surface area contributed by atoms with Crippen LogP contribution in [-0.4, -0.2) is 10.3 Å². The number of halogens is 2. The van der Waals surface area contributed by atoms with Gasteiger partial charge in [-0.25, -0.2) is 5.41 Å². The van der Waals surface area contributed by atoms with E-state index in [2.05, 4.69) is 0 Å². The third kappa shape index (κ3) is 4.18. The van der Waals surface area contributed by atoms with Crippen molar-refractivity contribution in [2.75, 3.05) is 0 Å². The van der Waals surface area contributed by atoms with E-state index in [0.717, 1.165) is 0 Å². The highest BCUT2D eigenvalue weighted by molar-refractivity contribution is 6.71. The Kier molecular flexibility index (Phi) is 3.50. The van der Waals surface area contributed by atoms with Crippen molar-refractivity contribution in [3.63, 3.8) is 0 Å². The van der Waals surface area contributed by atoms with Crippen LogP contribution >= 0.6 is 23.2 Å². The number of rotatable bonds is 2. The van der Waals surface area contributed by atoms with Crippen LogP contribution in [0.3, 0.4) is 0 Å². The van der Waals surface area contributed by atoms with E-state index in [0.29, 0.717) is 5.57 Å². The fourth-order valence-corrected chi connectivity index (χ4v) is 0.488. The van der Waals surface area contributed by atoms with Gasteiger partial charge in [0.15, 0.2) is 0 Å². The average Bonchev–Trinajstić information content (AvgIpc) is 1.63. The smallest absolute Gasteiger partial charge is 0.266 e. The fraction of sp³-hybridized carbons (Fsp3) is 0.200. The zero-order valence-electron chi connectivity index (χ0n) is 4.91. The van der Waals surface area contributed by atoms with Gasteiger partial charge in [-0.05, 0) is 24.1 Å². The van der Waals surface area contributed by atoms with Gasteiger partial charge < -0.3 is 0 Å². The van der Waals surface area contributed by atoms with E-state index in [4.69, 9.17) is 34.0 Å². The number of nitrogens with two attached hydrogens (primary N) is 1. The minimum absolute atomic E-state index is 0.0430.